The van der Waals surface area contributed by atoms with Crippen LogP contribution in [-0.4, -0.2) is 27.8 Å². The molecule has 2 unspecified atom stereocenters. The van der Waals surface area contributed by atoms with E-state index in [-0.39, 0.29) is 6.04 Å². The summed E-state index contributed by atoms with van der Waals surface area (Å²) in [5.41, 5.74) is 5.27. The van der Waals surface area contributed by atoms with Crippen molar-refractivity contribution in [2.24, 2.45) is 5.92 Å². The van der Waals surface area contributed by atoms with Crippen LogP contribution >= 0.6 is 0 Å². The summed E-state index contributed by atoms with van der Waals surface area (Å²) in [7, 11) is 0. The van der Waals surface area contributed by atoms with Gasteiger partial charge in [0.1, 0.15) is 6.23 Å². The first kappa shape index (κ1) is 18.3. The van der Waals surface area contributed by atoms with Gasteiger partial charge in [0.05, 0.1) is 6.04 Å². The average molecular weight is 363 g/mol. The first-order valence-electron chi connectivity index (χ1n) is 10.2. The van der Waals surface area contributed by atoms with E-state index >= 15 is 0 Å². The molecule has 3 heteroatoms. The molecule has 0 bridgehead atoms. The van der Waals surface area contributed by atoms with Crippen LogP contribution in [0.4, 0.5) is 0 Å². The lowest BCUT2D eigenvalue weighted by Crippen LogP contribution is -2.43. The number of hydrogen-bond acceptors (Lipinski definition) is 2. The highest BCUT2D eigenvalue weighted by molar-refractivity contribution is 5.85. The Morgan fingerprint density at radius 3 is 2.59 bits per heavy atom. The molecule has 2 heterocycles. The number of aliphatic hydroxyl groups excluding tert-OH is 1. The second kappa shape index (κ2) is 7.87. The highest BCUT2D eigenvalue weighted by atomic mass is 16.3. The molecule has 1 aliphatic heterocycles. The molecule has 0 radical (unpaired) electrons. The lowest BCUT2D eigenvalue weighted by Gasteiger charge is -2.40. The Labute approximate surface area is 162 Å². The van der Waals surface area contributed by atoms with E-state index in [2.05, 4.69) is 72.3 Å². The predicted octanol–water partition coefficient (Wildman–Crippen LogP) is 5.06. The highest BCUT2D eigenvalue weighted by Gasteiger charge is 2.34. The van der Waals surface area contributed by atoms with Gasteiger partial charge in [-0.15, -0.1) is 0 Å². The van der Waals surface area contributed by atoms with Crippen LogP contribution in [-0.2, 0) is 12.8 Å². The quantitative estimate of drug-likeness (QED) is 0.643. The van der Waals surface area contributed by atoms with Crippen LogP contribution in [0.15, 0.2) is 54.6 Å². The second-order valence-electron chi connectivity index (χ2n) is 8.20. The smallest absolute Gasteiger partial charge is 0.108 e. The number of para-hydroxylation sites is 1. The molecule has 2 aromatic carbocycles. The SMILES string of the molecule is CC(C)CC1c2[nH]c3ccccc3c2CCN1C(O)CCc1ccccc1. The van der Waals surface area contributed by atoms with Crippen molar-refractivity contribution in [3.63, 3.8) is 0 Å². The first-order valence-corrected chi connectivity index (χ1v) is 10.2. The zero-order chi connectivity index (χ0) is 18.8. The zero-order valence-corrected chi connectivity index (χ0v) is 16.4. The number of aromatic nitrogens is 1. The van der Waals surface area contributed by atoms with Crippen molar-refractivity contribution in [2.75, 3.05) is 6.54 Å². The van der Waals surface area contributed by atoms with E-state index < -0.39 is 6.23 Å². The van der Waals surface area contributed by atoms with Gasteiger partial charge >= 0.3 is 0 Å². The fraction of sp³-hybridized carbons (Fsp3) is 0.417. The fourth-order valence-electron chi connectivity index (χ4n) is 4.50. The normalized spacial score (nSPS) is 18.7. The maximum atomic E-state index is 11.0. The van der Waals surface area contributed by atoms with E-state index in [1.54, 1.807) is 0 Å². The number of rotatable bonds is 6. The van der Waals surface area contributed by atoms with E-state index in [4.69, 9.17) is 0 Å². The Morgan fingerprint density at radius 1 is 1.07 bits per heavy atom. The number of aromatic amines is 1. The monoisotopic (exact) mass is 362 g/mol. The van der Waals surface area contributed by atoms with E-state index in [9.17, 15) is 5.11 Å². The summed E-state index contributed by atoms with van der Waals surface area (Å²) in [5.74, 6) is 0.580. The molecule has 3 aromatic rings. The van der Waals surface area contributed by atoms with Crippen LogP contribution in [0.1, 0.15) is 49.6 Å². The Morgan fingerprint density at radius 2 is 1.81 bits per heavy atom. The molecule has 1 aromatic heterocycles. The number of aryl methyl sites for hydroxylation is 1. The van der Waals surface area contributed by atoms with Crippen LogP contribution in [0.25, 0.3) is 10.9 Å². The lowest BCUT2D eigenvalue weighted by atomic mass is 9.91. The van der Waals surface area contributed by atoms with Gasteiger partial charge in [-0.2, -0.15) is 0 Å². The van der Waals surface area contributed by atoms with Gasteiger partial charge in [-0.3, -0.25) is 4.90 Å². The molecule has 0 amide bonds. The second-order valence-corrected chi connectivity index (χ2v) is 8.20. The summed E-state index contributed by atoms with van der Waals surface area (Å²) in [6.07, 6.45) is 3.33. The minimum atomic E-state index is -0.409. The Kier molecular flexibility index (Phi) is 5.33. The Bertz CT molecular complexity index is 884. The lowest BCUT2D eigenvalue weighted by molar-refractivity contribution is -0.0412. The molecule has 0 saturated carbocycles. The Hall–Kier alpha value is -2.10. The topological polar surface area (TPSA) is 39.3 Å². The number of hydrogen-bond donors (Lipinski definition) is 2. The summed E-state index contributed by atoms with van der Waals surface area (Å²) in [5, 5.41) is 12.4. The minimum absolute atomic E-state index is 0.256. The van der Waals surface area contributed by atoms with Gasteiger partial charge in [-0.1, -0.05) is 62.4 Å². The molecule has 2 atom stereocenters. The van der Waals surface area contributed by atoms with Gasteiger partial charge in [0.15, 0.2) is 0 Å². The summed E-state index contributed by atoms with van der Waals surface area (Å²) >= 11 is 0. The van der Waals surface area contributed by atoms with Gasteiger partial charge in [0.2, 0.25) is 0 Å². The fourth-order valence-corrected chi connectivity index (χ4v) is 4.50. The third-order valence-electron chi connectivity index (χ3n) is 5.81. The maximum Gasteiger partial charge on any atom is 0.108 e. The van der Waals surface area contributed by atoms with Crippen LogP contribution < -0.4 is 0 Å². The van der Waals surface area contributed by atoms with Crippen LogP contribution in [0, 0.1) is 5.92 Å². The average Bonchev–Trinajstić information content (AvgIpc) is 3.06. The molecule has 4 rings (SSSR count). The number of benzene rings is 2. The van der Waals surface area contributed by atoms with Crippen molar-refractivity contribution in [1.29, 1.82) is 0 Å². The van der Waals surface area contributed by atoms with E-state index in [1.165, 1.54) is 27.7 Å². The van der Waals surface area contributed by atoms with Crippen molar-refractivity contribution in [3.05, 3.63) is 71.4 Å². The van der Waals surface area contributed by atoms with Crippen molar-refractivity contribution >= 4 is 10.9 Å². The molecule has 3 nitrogen and oxygen atoms in total. The van der Waals surface area contributed by atoms with E-state index in [1.807, 2.05) is 6.07 Å². The summed E-state index contributed by atoms with van der Waals surface area (Å²) in [6, 6.07) is 19.3. The number of nitrogens with zero attached hydrogens (tertiary/aromatic N) is 1. The number of fused-ring (bicyclic) bond motifs is 3. The molecule has 0 saturated heterocycles. The van der Waals surface area contributed by atoms with Gasteiger partial charge in [0.25, 0.3) is 0 Å². The molecule has 2 N–H and O–H groups in total. The van der Waals surface area contributed by atoms with Crippen molar-refractivity contribution < 1.29 is 5.11 Å². The van der Waals surface area contributed by atoms with E-state index in [0.29, 0.717) is 5.92 Å². The van der Waals surface area contributed by atoms with Crippen molar-refractivity contribution in [1.82, 2.24) is 9.88 Å². The molecular formula is C24H30N2O. The molecule has 0 fully saturated rings. The van der Waals surface area contributed by atoms with Crippen LogP contribution in [0.5, 0.6) is 0 Å². The molecule has 0 spiro atoms. The molecule has 142 valence electrons. The third-order valence-corrected chi connectivity index (χ3v) is 5.81. The zero-order valence-electron chi connectivity index (χ0n) is 16.4. The third kappa shape index (κ3) is 3.80. The highest BCUT2D eigenvalue weighted by Crippen LogP contribution is 2.38. The minimum Gasteiger partial charge on any atom is -0.378 e. The van der Waals surface area contributed by atoms with Crippen LogP contribution in [0.3, 0.4) is 0 Å². The molecular weight excluding hydrogens is 332 g/mol. The summed E-state index contributed by atoms with van der Waals surface area (Å²) in [4.78, 5) is 6.00. The van der Waals surface area contributed by atoms with Crippen LogP contribution in [0.2, 0.25) is 0 Å². The molecule has 1 aliphatic rings. The van der Waals surface area contributed by atoms with Gasteiger partial charge in [-0.05, 0) is 48.8 Å². The largest absolute Gasteiger partial charge is 0.378 e. The first-order chi connectivity index (χ1) is 13.1. The van der Waals surface area contributed by atoms with Crippen molar-refractivity contribution in [3.8, 4) is 0 Å². The number of aliphatic hydroxyl groups is 1. The standard InChI is InChI=1S/C24H30N2O/c1-17(2)16-22-24-20(19-10-6-7-11-21(19)25-24)14-15-26(22)23(27)13-12-18-8-4-3-5-9-18/h3-11,17,22-23,25,27H,12-16H2,1-2H3. The van der Waals surface area contributed by atoms with E-state index in [0.717, 1.165) is 32.2 Å². The molecule has 27 heavy (non-hydrogen) atoms. The van der Waals surface area contributed by atoms with Gasteiger partial charge < -0.3 is 10.1 Å². The van der Waals surface area contributed by atoms with Gasteiger partial charge in [0, 0.05) is 23.1 Å². The molecule has 0 aliphatic carbocycles. The van der Waals surface area contributed by atoms with Crippen molar-refractivity contribution in [2.45, 2.75) is 51.8 Å². The maximum absolute atomic E-state index is 11.0. The van der Waals surface area contributed by atoms with Gasteiger partial charge in [-0.25, -0.2) is 0 Å². The predicted molar refractivity (Wildman–Crippen MR) is 112 cm³/mol. The summed E-state index contributed by atoms with van der Waals surface area (Å²) in [6.45, 7) is 5.46. The summed E-state index contributed by atoms with van der Waals surface area (Å²) < 4.78 is 0. The number of H-pyrrole nitrogens is 1. The number of nitrogens with one attached hydrogen (secondary N) is 1. The Balaban J connectivity index is 1.58.